The molecule has 0 saturated heterocycles. The number of furan rings is 1. The van der Waals surface area contributed by atoms with Crippen molar-refractivity contribution in [3.63, 3.8) is 0 Å². The predicted octanol–water partition coefficient (Wildman–Crippen LogP) is 11.9. The number of hydrogen-bond acceptors (Lipinski definition) is 5. The number of aryl methyl sites for hydroxylation is 2. The van der Waals surface area contributed by atoms with Gasteiger partial charge in [0.2, 0.25) is 0 Å². The van der Waals surface area contributed by atoms with Gasteiger partial charge in [0.05, 0.1) is 0 Å². The van der Waals surface area contributed by atoms with Crippen LogP contribution in [0.1, 0.15) is 78.4 Å². The Morgan fingerprint density at radius 1 is 0.843 bits per heavy atom. The topological polar surface area (TPSA) is 76.2 Å². The van der Waals surface area contributed by atoms with Gasteiger partial charge in [-0.1, -0.05) is 107 Å². The number of hydrogen-bond donors (Lipinski definition) is 1. The second-order valence-corrected chi connectivity index (χ2v) is 13.9. The Morgan fingerprint density at radius 2 is 1.53 bits per heavy atom. The van der Waals surface area contributed by atoms with E-state index in [-0.39, 0.29) is 42.5 Å². The first kappa shape index (κ1) is 37.9. The number of aromatic nitrogens is 2. The maximum absolute atomic E-state index is 12.2. The minimum absolute atomic E-state index is 0. The zero-order valence-corrected chi connectivity index (χ0v) is 32.9. The number of benzene rings is 3. The molecule has 3 aromatic heterocycles. The van der Waals surface area contributed by atoms with Crippen LogP contribution in [0.2, 0.25) is 0 Å². The Morgan fingerprint density at radius 3 is 2.24 bits per heavy atom. The molecule has 1 radical (unpaired) electrons. The van der Waals surface area contributed by atoms with E-state index in [9.17, 15) is 9.90 Å². The molecule has 1 N–H and O–H groups in total. The van der Waals surface area contributed by atoms with Gasteiger partial charge < -0.3 is 9.52 Å². The summed E-state index contributed by atoms with van der Waals surface area (Å²) in [6.45, 7) is 12.1. The normalized spacial score (nSPS) is 12.8. The van der Waals surface area contributed by atoms with Crippen LogP contribution in [-0.4, -0.2) is 20.9 Å². The van der Waals surface area contributed by atoms with E-state index in [1.54, 1.807) is 0 Å². The Kier molecular flexibility index (Phi) is 11.8. The standard InChI is InChI=1S/C30H19N2O.C15H28O2.Ir/c1-2-6-19(7-3-1)27-17-22(16-20-8-4-5-9-23(20)27)28-30-26(13-15-32-28)25-11-10-21-18-31-14-12-24(21)29(25)33-30;1-7-14(5,8-2)12(16)11-13(17)15(6,9-3)10-4;/h1-9,12-15,17-18H,10-11H2;11,16H,7-10H2,1-6H3;/q-1;;/b;12-11-;. The van der Waals surface area contributed by atoms with Crippen LogP contribution >= 0.6 is 0 Å². The van der Waals surface area contributed by atoms with Crippen LogP contribution in [0.5, 0.6) is 0 Å². The third-order valence-electron chi connectivity index (χ3n) is 11.2. The quantitative estimate of drug-likeness (QED) is 0.0890. The second kappa shape index (κ2) is 15.9. The number of carbonyl (C=O) groups excluding carboxylic acids is 1. The molecule has 1 aliphatic carbocycles. The van der Waals surface area contributed by atoms with Crippen molar-refractivity contribution in [3.8, 4) is 33.7 Å². The number of nitrogens with zero attached hydrogens (tertiary/aromatic N) is 2. The first-order valence-electron chi connectivity index (χ1n) is 18.0. The molecule has 1 aliphatic rings. The van der Waals surface area contributed by atoms with E-state index in [1.165, 1.54) is 33.7 Å². The van der Waals surface area contributed by atoms with E-state index in [2.05, 4.69) is 77.8 Å². The summed E-state index contributed by atoms with van der Waals surface area (Å²) in [5.74, 6) is 1.24. The van der Waals surface area contributed by atoms with Crippen LogP contribution in [0.3, 0.4) is 0 Å². The molecule has 51 heavy (non-hydrogen) atoms. The third-order valence-corrected chi connectivity index (χ3v) is 11.2. The van der Waals surface area contributed by atoms with Crippen molar-refractivity contribution in [1.29, 1.82) is 0 Å². The molecule has 0 atom stereocenters. The van der Waals surface area contributed by atoms with Gasteiger partial charge in [-0.2, -0.15) is 0 Å². The fourth-order valence-corrected chi connectivity index (χ4v) is 6.74. The minimum atomic E-state index is -0.337. The van der Waals surface area contributed by atoms with E-state index in [1.807, 2.05) is 66.2 Å². The molecule has 265 valence electrons. The number of rotatable bonds is 9. The molecule has 0 aliphatic heterocycles. The van der Waals surface area contributed by atoms with Crippen LogP contribution in [0.25, 0.3) is 55.4 Å². The van der Waals surface area contributed by atoms with Crippen LogP contribution in [0.15, 0.2) is 108 Å². The Bertz CT molecular complexity index is 2180. The predicted molar refractivity (Wildman–Crippen MR) is 205 cm³/mol. The third kappa shape index (κ3) is 7.36. The van der Waals surface area contributed by atoms with E-state index >= 15 is 0 Å². The van der Waals surface area contributed by atoms with Gasteiger partial charge in [0.25, 0.3) is 0 Å². The Hall–Kier alpha value is -4.38. The second-order valence-electron chi connectivity index (χ2n) is 13.9. The van der Waals surface area contributed by atoms with Crippen molar-refractivity contribution in [1.82, 2.24) is 9.97 Å². The van der Waals surface area contributed by atoms with Gasteiger partial charge in [-0.25, -0.2) is 0 Å². The average Bonchev–Trinajstić information content (AvgIpc) is 3.57. The smallest absolute Gasteiger partial charge is 0.164 e. The molecule has 7 rings (SSSR count). The van der Waals surface area contributed by atoms with Gasteiger partial charge >= 0.3 is 0 Å². The number of ketones is 1. The fraction of sp³-hybridized carbons (Fsp3) is 0.311. The molecule has 3 heterocycles. The van der Waals surface area contributed by atoms with Gasteiger partial charge in [-0.15, -0.1) is 23.6 Å². The molecule has 0 unspecified atom stereocenters. The van der Waals surface area contributed by atoms with Crippen LogP contribution in [0.4, 0.5) is 0 Å². The fourth-order valence-electron chi connectivity index (χ4n) is 6.74. The molecular weight excluding hydrogens is 809 g/mol. The van der Waals surface area contributed by atoms with Gasteiger partial charge in [0.15, 0.2) is 5.78 Å². The van der Waals surface area contributed by atoms with Crippen molar-refractivity contribution >= 4 is 27.5 Å². The van der Waals surface area contributed by atoms with Crippen molar-refractivity contribution in [2.45, 2.75) is 80.1 Å². The molecule has 0 amide bonds. The number of allylic oxidation sites excluding steroid dienone is 2. The summed E-state index contributed by atoms with van der Waals surface area (Å²) in [5.41, 5.74) is 7.99. The zero-order valence-electron chi connectivity index (χ0n) is 30.5. The summed E-state index contributed by atoms with van der Waals surface area (Å²) in [6, 6.07) is 28.8. The molecule has 0 saturated carbocycles. The molecular formula is C45H47IrN2O3-. The van der Waals surface area contributed by atoms with Crippen LogP contribution in [-0.2, 0) is 37.7 Å². The van der Waals surface area contributed by atoms with E-state index in [4.69, 9.17) is 9.40 Å². The van der Waals surface area contributed by atoms with Crippen molar-refractivity contribution in [2.75, 3.05) is 0 Å². The Labute approximate surface area is 315 Å². The monoisotopic (exact) mass is 856 g/mol. The average molecular weight is 856 g/mol. The molecule has 0 fully saturated rings. The Balaban J connectivity index is 0.000000242. The van der Waals surface area contributed by atoms with Crippen molar-refractivity contribution in [3.05, 3.63) is 120 Å². The van der Waals surface area contributed by atoms with E-state index in [0.717, 1.165) is 77.5 Å². The molecule has 0 spiro atoms. The number of carbonyl (C=O) groups is 1. The van der Waals surface area contributed by atoms with Gasteiger partial charge in [0.1, 0.15) is 17.1 Å². The first-order chi connectivity index (χ1) is 24.2. The summed E-state index contributed by atoms with van der Waals surface area (Å²) >= 11 is 0. The maximum atomic E-state index is 12.2. The van der Waals surface area contributed by atoms with E-state index in [0.29, 0.717) is 0 Å². The first-order valence-corrected chi connectivity index (χ1v) is 18.0. The summed E-state index contributed by atoms with van der Waals surface area (Å²) in [5, 5.41) is 13.5. The van der Waals surface area contributed by atoms with Crippen LogP contribution in [0, 0.1) is 16.9 Å². The SMILES string of the molecule is CCC(C)(CC)C(=O)/C=C(\O)C(C)(CC)CC.[Ir].[c-]1c(-c2nccc3c4c(oc23)-c2ccncc2CC4)cc(-c2ccccc2)c2ccccc12. The molecule has 6 heteroatoms. The zero-order chi connectivity index (χ0) is 35.5. The van der Waals surface area contributed by atoms with Gasteiger partial charge in [-0.05, 0) is 61.8 Å². The number of aliphatic hydroxyl groups excluding tert-OH is 1. The summed E-state index contributed by atoms with van der Waals surface area (Å²) in [4.78, 5) is 21.3. The summed E-state index contributed by atoms with van der Waals surface area (Å²) in [6.07, 6.45) is 12.4. The van der Waals surface area contributed by atoms with E-state index < -0.39 is 0 Å². The summed E-state index contributed by atoms with van der Waals surface area (Å²) < 4.78 is 6.55. The van der Waals surface area contributed by atoms with Crippen molar-refractivity contribution in [2.24, 2.45) is 10.8 Å². The molecule has 3 aromatic carbocycles. The molecule has 0 bridgehead atoms. The minimum Gasteiger partial charge on any atom is -0.512 e. The van der Waals surface area contributed by atoms with Gasteiger partial charge in [0, 0.05) is 77.8 Å². The maximum Gasteiger partial charge on any atom is 0.164 e. The van der Waals surface area contributed by atoms with Crippen molar-refractivity contribution < 1.29 is 34.4 Å². The molecule has 6 aromatic rings. The largest absolute Gasteiger partial charge is 0.512 e. The number of pyridine rings is 2. The molecule has 5 nitrogen and oxygen atoms in total. The summed E-state index contributed by atoms with van der Waals surface area (Å²) in [7, 11) is 0. The number of aliphatic hydroxyl groups is 1. The van der Waals surface area contributed by atoms with Gasteiger partial charge in [-0.3, -0.25) is 14.8 Å². The van der Waals surface area contributed by atoms with Crippen LogP contribution < -0.4 is 0 Å². The number of fused-ring (bicyclic) bond motifs is 6.